The van der Waals surface area contributed by atoms with E-state index in [1.54, 1.807) is 7.11 Å². The molecule has 0 aliphatic heterocycles. The third kappa shape index (κ3) is 5.66. The second-order valence-electron chi connectivity index (χ2n) is 6.61. The number of phenols is 2. The van der Waals surface area contributed by atoms with Crippen LogP contribution in [0, 0.1) is 5.92 Å². The molecule has 0 bridgehead atoms. The maximum absolute atomic E-state index is 10.3. The highest BCUT2D eigenvalue weighted by Gasteiger charge is 2.17. The number of phenolic OH excluding ortho intramolecular Hbond substituents is 2. The Morgan fingerprint density at radius 1 is 1.00 bits per heavy atom. The van der Waals surface area contributed by atoms with E-state index in [1.165, 1.54) is 23.8 Å². The van der Waals surface area contributed by atoms with E-state index in [-0.39, 0.29) is 17.5 Å². The minimum atomic E-state index is -0.810. The summed E-state index contributed by atoms with van der Waals surface area (Å²) in [7, 11) is 1.65. The largest absolute Gasteiger partial charge is 0.508 e. The van der Waals surface area contributed by atoms with Crippen LogP contribution in [0.15, 0.2) is 42.5 Å². The van der Waals surface area contributed by atoms with Crippen molar-refractivity contribution in [3.8, 4) is 17.2 Å². The summed E-state index contributed by atoms with van der Waals surface area (Å²) in [5.74, 6) is 1.09. The van der Waals surface area contributed by atoms with Gasteiger partial charge in [0.15, 0.2) is 0 Å². The zero-order valence-electron chi connectivity index (χ0n) is 14.9. The maximum atomic E-state index is 10.3. The van der Waals surface area contributed by atoms with Gasteiger partial charge in [-0.05, 0) is 47.7 Å². The van der Waals surface area contributed by atoms with Crippen molar-refractivity contribution in [2.45, 2.75) is 32.4 Å². The minimum Gasteiger partial charge on any atom is -0.508 e. The molecule has 0 unspecified atom stereocenters. The van der Waals surface area contributed by atoms with Gasteiger partial charge in [0.25, 0.3) is 0 Å². The van der Waals surface area contributed by atoms with E-state index >= 15 is 0 Å². The number of benzene rings is 2. The maximum Gasteiger partial charge on any atom is 0.119 e. The number of ether oxygens (including phenoxy) is 1. The Hall–Kier alpha value is -2.24. The molecule has 0 amide bonds. The number of hydrogen-bond donors (Lipinski definition) is 4. The third-order valence-corrected chi connectivity index (χ3v) is 4.30. The van der Waals surface area contributed by atoms with Crippen LogP contribution < -0.4 is 10.1 Å². The monoisotopic (exact) mass is 345 g/mol. The lowest BCUT2D eigenvalue weighted by Crippen LogP contribution is -2.38. The molecule has 0 saturated heterocycles. The standard InChI is InChI=1S/C20H27NO4/c1-13(2)19(8-14-4-6-18(25-3)7-5-14)21-12-20(24)15-9-16(22)11-17(23)10-15/h4-7,9-11,13,19-24H,8,12H2,1-3H3/t19-,20+/m1/s1. The number of aliphatic hydroxyl groups is 1. The molecule has 0 heterocycles. The molecular formula is C20H27NO4. The Kier molecular flexibility index (Phi) is 6.67. The fraction of sp³-hybridized carbons (Fsp3) is 0.400. The molecular weight excluding hydrogens is 318 g/mol. The molecule has 5 nitrogen and oxygen atoms in total. The summed E-state index contributed by atoms with van der Waals surface area (Å²) in [5.41, 5.74) is 1.67. The zero-order chi connectivity index (χ0) is 18.4. The number of aliphatic hydroxyl groups excluding tert-OH is 1. The van der Waals surface area contributed by atoms with Crippen molar-refractivity contribution in [1.29, 1.82) is 0 Å². The SMILES string of the molecule is COc1ccc(C[C@@H](NC[C@H](O)c2cc(O)cc(O)c2)C(C)C)cc1. The van der Waals surface area contributed by atoms with Crippen molar-refractivity contribution in [3.63, 3.8) is 0 Å². The summed E-state index contributed by atoms with van der Waals surface area (Å²) < 4.78 is 5.18. The van der Waals surface area contributed by atoms with Crippen LogP contribution in [0.4, 0.5) is 0 Å². The number of methoxy groups -OCH3 is 1. The highest BCUT2D eigenvalue weighted by atomic mass is 16.5. The first-order chi connectivity index (χ1) is 11.9. The van der Waals surface area contributed by atoms with Crippen LogP contribution >= 0.6 is 0 Å². The third-order valence-electron chi connectivity index (χ3n) is 4.30. The second-order valence-corrected chi connectivity index (χ2v) is 6.61. The Balaban J connectivity index is 1.98. The highest BCUT2D eigenvalue weighted by molar-refractivity contribution is 5.37. The molecule has 0 fully saturated rings. The van der Waals surface area contributed by atoms with E-state index in [0.717, 1.165) is 12.2 Å². The average Bonchev–Trinajstić information content (AvgIpc) is 2.57. The topological polar surface area (TPSA) is 82.0 Å². The molecule has 2 rings (SSSR count). The molecule has 0 aromatic heterocycles. The Bertz CT molecular complexity index is 650. The van der Waals surface area contributed by atoms with Gasteiger partial charge in [0.2, 0.25) is 0 Å². The lowest BCUT2D eigenvalue weighted by atomic mass is 9.96. The van der Waals surface area contributed by atoms with Gasteiger partial charge in [-0.1, -0.05) is 26.0 Å². The fourth-order valence-electron chi connectivity index (χ4n) is 2.75. The summed E-state index contributed by atoms with van der Waals surface area (Å²) in [5, 5.41) is 32.8. The van der Waals surface area contributed by atoms with Crippen LogP contribution in [-0.2, 0) is 6.42 Å². The number of hydrogen-bond acceptors (Lipinski definition) is 5. The van der Waals surface area contributed by atoms with Crippen LogP contribution in [0.2, 0.25) is 0 Å². The molecule has 136 valence electrons. The second kappa shape index (κ2) is 8.74. The quantitative estimate of drug-likeness (QED) is 0.591. The van der Waals surface area contributed by atoms with Gasteiger partial charge in [-0.2, -0.15) is 0 Å². The van der Waals surface area contributed by atoms with Crippen molar-refractivity contribution in [2.75, 3.05) is 13.7 Å². The summed E-state index contributed by atoms with van der Waals surface area (Å²) in [6.45, 7) is 4.60. The smallest absolute Gasteiger partial charge is 0.119 e. The van der Waals surface area contributed by atoms with Crippen molar-refractivity contribution < 1.29 is 20.1 Å². The normalized spacial score (nSPS) is 13.6. The average molecular weight is 345 g/mol. The first-order valence-corrected chi connectivity index (χ1v) is 8.46. The van der Waals surface area contributed by atoms with Gasteiger partial charge in [0, 0.05) is 18.7 Å². The summed E-state index contributed by atoms with van der Waals surface area (Å²) in [4.78, 5) is 0. The van der Waals surface area contributed by atoms with Crippen molar-refractivity contribution in [3.05, 3.63) is 53.6 Å². The van der Waals surface area contributed by atoms with Gasteiger partial charge in [-0.25, -0.2) is 0 Å². The predicted molar refractivity (Wildman–Crippen MR) is 98.1 cm³/mol. The number of aromatic hydroxyl groups is 2. The van der Waals surface area contributed by atoms with Crippen molar-refractivity contribution in [2.24, 2.45) is 5.92 Å². The molecule has 2 atom stereocenters. The molecule has 0 radical (unpaired) electrons. The summed E-state index contributed by atoms with van der Waals surface area (Å²) >= 11 is 0. The zero-order valence-corrected chi connectivity index (χ0v) is 14.9. The molecule has 5 heteroatoms. The van der Waals surface area contributed by atoms with Crippen LogP contribution in [0.25, 0.3) is 0 Å². The highest BCUT2D eigenvalue weighted by Crippen LogP contribution is 2.25. The van der Waals surface area contributed by atoms with Crippen LogP contribution in [-0.4, -0.2) is 35.0 Å². The lowest BCUT2D eigenvalue weighted by molar-refractivity contribution is 0.164. The van der Waals surface area contributed by atoms with Gasteiger partial charge in [0.1, 0.15) is 17.2 Å². The molecule has 4 N–H and O–H groups in total. The van der Waals surface area contributed by atoms with Gasteiger partial charge in [-0.3, -0.25) is 0 Å². The molecule has 25 heavy (non-hydrogen) atoms. The lowest BCUT2D eigenvalue weighted by Gasteiger charge is -2.24. The fourth-order valence-corrected chi connectivity index (χ4v) is 2.75. The van der Waals surface area contributed by atoms with Crippen molar-refractivity contribution in [1.82, 2.24) is 5.32 Å². The van der Waals surface area contributed by atoms with Gasteiger partial charge in [0.05, 0.1) is 13.2 Å². The van der Waals surface area contributed by atoms with Gasteiger partial charge < -0.3 is 25.4 Å². The van der Waals surface area contributed by atoms with Crippen LogP contribution in [0.3, 0.4) is 0 Å². The number of rotatable bonds is 8. The van der Waals surface area contributed by atoms with Crippen molar-refractivity contribution >= 4 is 0 Å². The van der Waals surface area contributed by atoms with E-state index in [4.69, 9.17) is 4.74 Å². The molecule has 0 saturated carbocycles. The summed E-state index contributed by atoms with van der Waals surface area (Å²) in [6, 6.07) is 12.3. The first kappa shape index (κ1) is 19.1. The van der Waals surface area contributed by atoms with Crippen LogP contribution in [0.5, 0.6) is 17.2 Å². The predicted octanol–water partition coefficient (Wildman–Crippen LogP) is 3.00. The van der Waals surface area contributed by atoms with Gasteiger partial charge in [-0.15, -0.1) is 0 Å². The Morgan fingerprint density at radius 2 is 1.60 bits per heavy atom. The van der Waals surface area contributed by atoms with E-state index in [1.807, 2.05) is 24.3 Å². The number of nitrogens with one attached hydrogen (secondary N) is 1. The summed E-state index contributed by atoms with van der Waals surface area (Å²) in [6.07, 6.45) is 0.0229. The Morgan fingerprint density at radius 3 is 2.12 bits per heavy atom. The van der Waals surface area contributed by atoms with E-state index in [2.05, 4.69) is 19.2 Å². The molecule has 0 spiro atoms. The van der Waals surface area contributed by atoms with E-state index < -0.39 is 6.10 Å². The van der Waals surface area contributed by atoms with E-state index in [0.29, 0.717) is 18.0 Å². The minimum absolute atomic E-state index is 0.0623. The first-order valence-electron chi connectivity index (χ1n) is 8.46. The molecule has 0 aliphatic rings. The molecule has 0 aliphatic carbocycles. The van der Waals surface area contributed by atoms with Gasteiger partial charge >= 0.3 is 0 Å². The molecule has 2 aromatic carbocycles. The Labute approximate surface area is 148 Å². The van der Waals surface area contributed by atoms with Crippen LogP contribution in [0.1, 0.15) is 31.1 Å². The molecule has 2 aromatic rings. The van der Waals surface area contributed by atoms with E-state index in [9.17, 15) is 15.3 Å².